The molecule has 5 nitrogen and oxygen atoms in total. The highest BCUT2D eigenvalue weighted by Gasteiger charge is 2.40. The van der Waals surface area contributed by atoms with Crippen LogP contribution >= 0.6 is 24.0 Å². The van der Waals surface area contributed by atoms with Crippen LogP contribution in [-0.2, 0) is 17.3 Å². The first-order chi connectivity index (χ1) is 12.6. The standard InChI is InChI=1S/C20H25ClN4O.ClH/c1-25-12-14(9-24-25)17-10-22-11-18(17)19(26)23-13-20(7-2-8-20)15-3-5-16(21)6-4-15;/h3-6,9,12,17-18,22H,2,7-8,10-11,13H2,1H3,(H,23,26);1H/t17-,18+;/m1./s1. The molecule has 2 aromatic rings. The van der Waals surface area contributed by atoms with Gasteiger partial charge < -0.3 is 10.6 Å². The van der Waals surface area contributed by atoms with E-state index in [1.165, 1.54) is 12.0 Å². The maximum absolute atomic E-state index is 12.9. The Morgan fingerprint density at radius 2 is 2.07 bits per heavy atom. The van der Waals surface area contributed by atoms with E-state index in [2.05, 4.69) is 27.9 Å². The molecular formula is C20H26Cl2N4O. The molecule has 2 heterocycles. The Hall–Kier alpha value is -1.56. The quantitative estimate of drug-likeness (QED) is 0.798. The SMILES string of the molecule is Cl.Cn1cc([C@H]2CNC[C@@H]2C(=O)NCC2(c3ccc(Cl)cc3)CCC2)cn1. The summed E-state index contributed by atoms with van der Waals surface area (Å²) in [5.41, 5.74) is 2.48. The summed E-state index contributed by atoms with van der Waals surface area (Å²) in [6, 6.07) is 8.09. The summed E-state index contributed by atoms with van der Waals surface area (Å²) in [5.74, 6) is 0.294. The average Bonchev–Trinajstić information content (AvgIpc) is 3.23. The normalized spacial score (nSPS) is 23.3. The highest BCUT2D eigenvalue weighted by molar-refractivity contribution is 6.30. The highest BCUT2D eigenvalue weighted by atomic mass is 35.5. The van der Waals surface area contributed by atoms with Crippen molar-refractivity contribution in [2.45, 2.75) is 30.6 Å². The summed E-state index contributed by atoms with van der Waals surface area (Å²) in [4.78, 5) is 12.9. The van der Waals surface area contributed by atoms with E-state index in [0.29, 0.717) is 6.54 Å². The Bertz CT molecular complexity index is 786. The lowest BCUT2D eigenvalue weighted by Gasteiger charge is -2.43. The zero-order valence-corrected chi connectivity index (χ0v) is 17.0. The van der Waals surface area contributed by atoms with Crippen LogP contribution in [0.1, 0.15) is 36.3 Å². The van der Waals surface area contributed by atoms with Crippen molar-refractivity contribution in [3.63, 3.8) is 0 Å². The largest absolute Gasteiger partial charge is 0.355 e. The lowest BCUT2D eigenvalue weighted by Crippen LogP contribution is -2.47. The number of aromatic nitrogens is 2. The molecule has 1 aliphatic heterocycles. The second-order valence-electron chi connectivity index (χ2n) is 7.68. The van der Waals surface area contributed by atoms with Gasteiger partial charge in [-0.2, -0.15) is 5.10 Å². The molecule has 0 unspecified atom stereocenters. The molecule has 146 valence electrons. The molecule has 0 spiro atoms. The van der Waals surface area contributed by atoms with E-state index in [9.17, 15) is 4.79 Å². The van der Waals surface area contributed by atoms with Crippen LogP contribution in [0.5, 0.6) is 0 Å². The first-order valence-electron chi connectivity index (χ1n) is 9.30. The molecule has 2 atom stereocenters. The highest BCUT2D eigenvalue weighted by Crippen LogP contribution is 2.43. The van der Waals surface area contributed by atoms with Crippen molar-refractivity contribution in [1.82, 2.24) is 20.4 Å². The number of hydrogen-bond acceptors (Lipinski definition) is 3. The number of nitrogens with one attached hydrogen (secondary N) is 2. The van der Waals surface area contributed by atoms with Gasteiger partial charge in [0.25, 0.3) is 0 Å². The van der Waals surface area contributed by atoms with E-state index in [1.54, 1.807) is 4.68 Å². The molecule has 27 heavy (non-hydrogen) atoms. The molecule has 1 amide bonds. The maximum atomic E-state index is 12.9. The number of amides is 1. The van der Waals surface area contributed by atoms with Gasteiger partial charge in [-0.1, -0.05) is 30.2 Å². The second kappa shape index (κ2) is 8.21. The van der Waals surface area contributed by atoms with Crippen molar-refractivity contribution in [2.24, 2.45) is 13.0 Å². The minimum absolute atomic E-state index is 0. The molecule has 1 aliphatic carbocycles. The van der Waals surface area contributed by atoms with Gasteiger partial charge in [0, 0.05) is 49.2 Å². The van der Waals surface area contributed by atoms with Gasteiger partial charge in [-0.25, -0.2) is 0 Å². The van der Waals surface area contributed by atoms with Crippen LogP contribution in [0.3, 0.4) is 0 Å². The Morgan fingerprint density at radius 1 is 1.33 bits per heavy atom. The maximum Gasteiger partial charge on any atom is 0.225 e. The van der Waals surface area contributed by atoms with Gasteiger partial charge in [-0.3, -0.25) is 9.48 Å². The summed E-state index contributed by atoms with van der Waals surface area (Å²) in [6.45, 7) is 2.25. The fraction of sp³-hybridized carbons (Fsp3) is 0.500. The molecule has 4 rings (SSSR count). The van der Waals surface area contributed by atoms with Crippen LogP contribution in [-0.4, -0.2) is 35.3 Å². The molecule has 1 saturated carbocycles. The summed E-state index contributed by atoms with van der Waals surface area (Å²) < 4.78 is 1.80. The van der Waals surface area contributed by atoms with E-state index in [4.69, 9.17) is 11.6 Å². The fourth-order valence-corrected chi connectivity index (χ4v) is 4.42. The van der Waals surface area contributed by atoms with Crippen molar-refractivity contribution < 1.29 is 4.79 Å². The van der Waals surface area contributed by atoms with E-state index in [1.807, 2.05) is 31.6 Å². The Morgan fingerprint density at radius 3 is 2.67 bits per heavy atom. The number of nitrogens with zero attached hydrogens (tertiary/aromatic N) is 2. The lowest BCUT2D eigenvalue weighted by molar-refractivity contribution is -0.125. The summed E-state index contributed by atoms with van der Waals surface area (Å²) >= 11 is 6.03. The van der Waals surface area contributed by atoms with Crippen molar-refractivity contribution in [1.29, 1.82) is 0 Å². The summed E-state index contributed by atoms with van der Waals surface area (Å²) in [6.07, 6.45) is 7.33. The Balaban J connectivity index is 0.00000210. The fourth-order valence-electron chi connectivity index (χ4n) is 4.30. The first kappa shape index (κ1) is 20.2. The van der Waals surface area contributed by atoms with Crippen molar-refractivity contribution >= 4 is 29.9 Å². The van der Waals surface area contributed by atoms with E-state index >= 15 is 0 Å². The zero-order valence-electron chi connectivity index (χ0n) is 15.5. The topological polar surface area (TPSA) is 59.0 Å². The minimum Gasteiger partial charge on any atom is -0.355 e. The number of carbonyl (C=O) groups excluding carboxylic acids is 1. The van der Waals surface area contributed by atoms with E-state index < -0.39 is 0 Å². The smallest absolute Gasteiger partial charge is 0.225 e. The van der Waals surface area contributed by atoms with Crippen molar-refractivity contribution in [2.75, 3.05) is 19.6 Å². The number of rotatable bonds is 5. The molecule has 2 aliphatic rings. The molecule has 2 N–H and O–H groups in total. The first-order valence-corrected chi connectivity index (χ1v) is 9.68. The molecular weight excluding hydrogens is 383 g/mol. The van der Waals surface area contributed by atoms with Crippen LogP contribution in [0.25, 0.3) is 0 Å². The number of halogens is 2. The summed E-state index contributed by atoms with van der Waals surface area (Å²) in [5, 5.41) is 11.6. The monoisotopic (exact) mass is 408 g/mol. The summed E-state index contributed by atoms with van der Waals surface area (Å²) in [7, 11) is 1.91. The Kier molecular flexibility index (Phi) is 6.14. The third-order valence-corrected chi connectivity index (χ3v) is 6.32. The minimum atomic E-state index is -0.0402. The van der Waals surface area contributed by atoms with E-state index in [0.717, 1.165) is 36.5 Å². The van der Waals surface area contributed by atoms with Gasteiger partial charge in [-0.05, 0) is 36.1 Å². The number of carbonyl (C=O) groups is 1. The predicted octanol–water partition coefficient (Wildman–Crippen LogP) is 3.04. The molecule has 0 radical (unpaired) electrons. The van der Waals surface area contributed by atoms with Crippen LogP contribution in [0.15, 0.2) is 36.7 Å². The number of aryl methyl sites for hydroxylation is 1. The average molecular weight is 409 g/mol. The van der Waals surface area contributed by atoms with Crippen LogP contribution in [0.2, 0.25) is 5.02 Å². The van der Waals surface area contributed by atoms with Gasteiger partial charge in [0.1, 0.15) is 0 Å². The van der Waals surface area contributed by atoms with Crippen LogP contribution in [0, 0.1) is 5.92 Å². The van der Waals surface area contributed by atoms with Gasteiger partial charge >= 0.3 is 0 Å². The third-order valence-electron chi connectivity index (χ3n) is 6.07. The van der Waals surface area contributed by atoms with Gasteiger partial charge in [0.2, 0.25) is 5.91 Å². The van der Waals surface area contributed by atoms with E-state index in [-0.39, 0.29) is 35.6 Å². The Labute approximate surface area is 171 Å². The van der Waals surface area contributed by atoms with Crippen LogP contribution in [0.4, 0.5) is 0 Å². The predicted molar refractivity (Wildman–Crippen MR) is 110 cm³/mol. The molecule has 1 saturated heterocycles. The third kappa shape index (κ3) is 4.00. The van der Waals surface area contributed by atoms with Crippen molar-refractivity contribution in [3.8, 4) is 0 Å². The van der Waals surface area contributed by atoms with Crippen molar-refractivity contribution in [3.05, 3.63) is 52.8 Å². The number of hydrogen-bond donors (Lipinski definition) is 2. The lowest BCUT2D eigenvalue weighted by atomic mass is 9.64. The van der Waals surface area contributed by atoms with Gasteiger partial charge in [0.15, 0.2) is 0 Å². The number of benzene rings is 1. The van der Waals surface area contributed by atoms with Gasteiger partial charge in [0.05, 0.1) is 12.1 Å². The molecule has 1 aromatic heterocycles. The molecule has 7 heteroatoms. The van der Waals surface area contributed by atoms with Gasteiger partial charge in [-0.15, -0.1) is 12.4 Å². The molecule has 0 bridgehead atoms. The molecule has 2 fully saturated rings. The zero-order chi connectivity index (χ0) is 18.1. The molecule has 1 aromatic carbocycles. The second-order valence-corrected chi connectivity index (χ2v) is 8.11. The van der Waals surface area contributed by atoms with Crippen LogP contribution < -0.4 is 10.6 Å².